The van der Waals surface area contributed by atoms with Gasteiger partial charge in [-0.05, 0) is 30.7 Å². The SMILES string of the molecule is O=C(O)c1cn(CCNCCc2ccc(Cl)cc2Cl)nn1. The van der Waals surface area contributed by atoms with E-state index in [1.807, 2.05) is 12.1 Å². The highest BCUT2D eigenvalue weighted by molar-refractivity contribution is 6.35. The summed E-state index contributed by atoms with van der Waals surface area (Å²) < 4.78 is 1.49. The Morgan fingerprint density at radius 3 is 2.81 bits per heavy atom. The van der Waals surface area contributed by atoms with Crippen molar-refractivity contribution in [2.75, 3.05) is 13.1 Å². The number of nitrogens with one attached hydrogen (secondary N) is 1. The summed E-state index contributed by atoms with van der Waals surface area (Å²) in [5.74, 6) is -1.08. The highest BCUT2D eigenvalue weighted by Gasteiger charge is 2.07. The van der Waals surface area contributed by atoms with Gasteiger partial charge in [-0.3, -0.25) is 4.68 Å². The number of hydrogen-bond donors (Lipinski definition) is 2. The van der Waals surface area contributed by atoms with Crippen molar-refractivity contribution in [3.05, 3.63) is 45.7 Å². The monoisotopic (exact) mass is 328 g/mol. The fraction of sp³-hybridized carbons (Fsp3) is 0.308. The van der Waals surface area contributed by atoms with E-state index in [1.165, 1.54) is 10.9 Å². The summed E-state index contributed by atoms with van der Waals surface area (Å²) in [6.45, 7) is 1.96. The number of halogens is 2. The van der Waals surface area contributed by atoms with Crippen LogP contribution in [0, 0.1) is 0 Å². The fourth-order valence-corrected chi connectivity index (χ4v) is 2.27. The lowest BCUT2D eigenvalue weighted by molar-refractivity contribution is 0.0690. The Hall–Kier alpha value is -1.63. The first-order valence-electron chi connectivity index (χ1n) is 6.34. The van der Waals surface area contributed by atoms with Gasteiger partial charge in [0.25, 0.3) is 0 Å². The molecule has 0 spiro atoms. The maximum atomic E-state index is 10.6. The number of hydrogen-bond acceptors (Lipinski definition) is 4. The van der Waals surface area contributed by atoms with E-state index in [1.54, 1.807) is 6.07 Å². The summed E-state index contributed by atoms with van der Waals surface area (Å²) in [7, 11) is 0. The first-order valence-corrected chi connectivity index (χ1v) is 7.10. The lowest BCUT2D eigenvalue weighted by atomic mass is 10.1. The van der Waals surface area contributed by atoms with Crippen LogP contribution in [0.5, 0.6) is 0 Å². The van der Waals surface area contributed by atoms with E-state index < -0.39 is 5.97 Å². The van der Waals surface area contributed by atoms with Crippen LogP contribution in [0.25, 0.3) is 0 Å². The van der Waals surface area contributed by atoms with Gasteiger partial charge in [0.1, 0.15) is 0 Å². The molecule has 0 amide bonds. The first-order chi connectivity index (χ1) is 10.1. The van der Waals surface area contributed by atoms with Gasteiger partial charge in [0, 0.05) is 16.6 Å². The molecule has 0 atom stereocenters. The third-order valence-corrected chi connectivity index (χ3v) is 3.45. The number of rotatable bonds is 7. The molecular formula is C13H14Cl2N4O2. The molecule has 21 heavy (non-hydrogen) atoms. The van der Waals surface area contributed by atoms with Crippen LogP contribution in [0.1, 0.15) is 16.1 Å². The highest BCUT2D eigenvalue weighted by atomic mass is 35.5. The van der Waals surface area contributed by atoms with Crippen LogP contribution < -0.4 is 5.32 Å². The lowest BCUT2D eigenvalue weighted by Crippen LogP contribution is -2.22. The van der Waals surface area contributed by atoms with E-state index in [0.29, 0.717) is 23.1 Å². The maximum absolute atomic E-state index is 10.6. The Morgan fingerprint density at radius 1 is 1.33 bits per heavy atom. The molecule has 2 rings (SSSR count). The Labute approximate surface area is 131 Å². The van der Waals surface area contributed by atoms with Crippen molar-refractivity contribution in [1.29, 1.82) is 0 Å². The summed E-state index contributed by atoms with van der Waals surface area (Å²) >= 11 is 11.9. The van der Waals surface area contributed by atoms with E-state index in [2.05, 4.69) is 15.6 Å². The van der Waals surface area contributed by atoms with Crippen molar-refractivity contribution in [2.24, 2.45) is 0 Å². The van der Waals surface area contributed by atoms with Gasteiger partial charge in [-0.25, -0.2) is 4.79 Å². The number of aromatic carboxylic acids is 1. The Kier molecular flexibility index (Phi) is 5.55. The second kappa shape index (κ2) is 7.40. The van der Waals surface area contributed by atoms with Crippen LogP contribution in [0.2, 0.25) is 10.0 Å². The molecule has 0 saturated heterocycles. The van der Waals surface area contributed by atoms with Crippen molar-refractivity contribution in [3.8, 4) is 0 Å². The van der Waals surface area contributed by atoms with Gasteiger partial charge in [0.2, 0.25) is 0 Å². The number of nitrogens with zero attached hydrogens (tertiary/aromatic N) is 3. The zero-order chi connectivity index (χ0) is 15.2. The van der Waals surface area contributed by atoms with Crippen LogP contribution in [-0.2, 0) is 13.0 Å². The average molecular weight is 329 g/mol. The zero-order valence-corrected chi connectivity index (χ0v) is 12.6. The molecule has 0 unspecified atom stereocenters. The normalized spacial score (nSPS) is 10.8. The topological polar surface area (TPSA) is 80.0 Å². The quantitative estimate of drug-likeness (QED) is 0.761. The molecule has 8 heteroatoms. The molecule has 1 aromatic carbocycles. The third kappa shape index (κ3) is 4.70. The second-order valence-corrected chi connectivity index (χ2v) is 5.25. The molecule has 1 heterocycles. The Morgan fingerprint density at radius 2 is 2.14 bits per heavy atom. The largest absolute Gasteiger partial charge is 0.476 e. The Balaban J connectivity index is 1.71. The van der Waals surface area contributed by atoms with Gasteiger partial charge in [0.05, 0.1) is 12.7 Å². The van der Waals surface area contributed by atoms with Crippen LogP contribution in [0.15, 0.2) is 24.4 Å². The predicted molar refractivity (Wildman–Crippen MR) is 80.0 cm³/mol. The zero-order valence-electron chi connectivity index (χ0n) is 11.1. The highest BCUT2D eigenvalue weighted by Crippen LogP contribution is 2.20. The molecule has 6 nitrogen and oxygen atoms in total. The molecular weight excluding hydrogens is 315 g/mol. The summed E-state index contributed by atoms with van der Waals surface area (Å²) in [6.07, 6.45) is 2.19. The molecule has 0 radical (unpaired) electrons. The smallest absolute Gasteiger partial charge is 0.358 e. The van der Waals surface area contributed by atoms with Gasteiger partial charge in [0.15, 0.2) is 5.69 Å². The minimum atomic E-state index is -1.08. The molecule has 112 valence electrons. The summed E-state index contributed by atoms with van der Waals surface area (Å²) in [4.78, 5) is 10.6. The van der Waals surface area contributed by atoms with E-state index in [0.717, 1.165) is 18.5 Å². The first kappa shape index (κ1) is 15.8. The molecule has 0 aliphatic rings. The van der Waals surface area contributed by atoms with Crippen molar-refractivity contribution in [2.45, 2.75) is 13.0 Å². The van der Waals surface area contributed by atoms with E-state index >= 15 is 0 Å². The number of carbonyl (C=O) groups is 1. The van der Waals surface area contributed by atoms with Crippen LogP contribution in [0.4, 0.5) is 0 Å². The molecule has 0 bridgehead atoms. The molecule has 2 aromatic rings. The predicted octanol–water partition coefficient (Wildman–Crippen LogP) is 2.12. The second-order valence-electron chi connectivity index (χ2n) is 4.41. The van der Waals surface area contributed by atoms with Crippen LogP contribution in [-0.4, -0.2) is 39.2 Å². The Bertz CT molecular complexity index is 630. The van der Waals surface area contributed by atoms with Crippen LogP contribution in [0.3, 0.4) is 0 Å². The standard InChI is InChI=1S/C13H14Cl2N4O2/c14-10-2-1-9(11(15)7-10)3-4-16-5-6-19-8-12(13(20)21)17-18-19/h1-2,7-8,16H,3-6H2,(H,20,21). The van der Waals surface area contributed by atoms with Gasteiger partial charge in [-0.2, -0.15) is 0 Å². The van der Waals surface area contributed by atoms with Crippen molar-refractivity contribution < 1.29 is 9.90 Å². The summed E-state index contributed by atoms with van der Waals surface area (Å²) in [6, 6.07) is 5.44. The third-order valence-electron chi connectivity index (χ3n) is 2.86. The van der Waals surface area contributed by atoms with Gasteiger partial charge >= 0.3 is 5.97 Å². The molecule has 0 saturated carbocycles. The number of benzene rings is 1. The molecule has 1 aromatic heterocycles. The van der Waals surface area contributed by atoms with Gasteiger partial charge in [-0.1, -0.05) is 34.5 Å². The van der Waals surface area contributed by atoms with E-state index in [4.69, 9.17) is 28.3 Å². The van der Waals surface area contributed by atoms with Crippen LogP contribution >= 0.6 is 23.2 Å². The molecule has 2 N–H and O–H groups in total. The molecule has 0 aliphatic carbocycles. The lowest BCUT2D eigenvalue weighted by Gasteiger charge is -2.06. The van der Waals surface area contributed by atoms with Crippen molar-refractivity contribution in [1.82, 2.24) is 20.3 Å². The van der Waals surface area contributed by atoms with E-state index in [-0.39, 0.29) is 5.69 Å². The van der Waals surface area contributed by atoms with Crippen molar-refractivity contribution >= 4 is 29.2 Å². The average Bonchev–Trinajstić information content (AvgIpc) is 2.89. The summed E-state index contributed by atoms with van der Waals surface area (Å²) in [5.41, 5.74) is 0.977. The fourth-order valence-electron chi connectivity index (χ4n) is 1.77. The molecule has 0 fully saturated rings. The number of aromatic nitrogens is 3. The van der Waals surface area contributed by atoms with Gasteiger partial charge in [-0.15, -0.1) is 5.10 Å². The van der Waals surface area contributed by atoms with Gasteiger partial charge < -0.3 is 10.4 Å². The van der Waals surface area contributed by atoms with E-state index in [9.17, 15) is 4.79 Å². The molecule has 0 aliphatic heterocycles. The number of carboxylic acids is 1. The number of carboxylic acid groups (broad SMARTS) is 1. The minimum Gasteiger partial charge on any atom is -0.476 e. The minimum absolute atomic E-state index is 0.0528. The maximum Gasteiger partial charge on any atom is 0.358 e. The summed E-state index contributed by atoms with van der Waals surface area (Å²) in [5, 5.41) is 20.5. The van der Waals surface area contributed by atoms with Crippen molar-refractivity contribution in [3.63, 3.8) is 0 Å².